The van der Waals surface area contributed by atoms with E-state index < -0.39 is 12.1 Å². The average Bonchev–Trinajstić information content (AvgIpc) is 3.10. The van der Waals surface area contributed by atoms with Gasteiger partial charge in [0, 0.05) is 6.54 Å². The zero-order chi connectivity index (χ0) is 18.9. The minimum absolute atomic E-state index is 0. The Labute approximate surface area is 168 Å². The number of halogens is 1. The molecule has 3 atom stereocenters. The van der Waals surface area contributed by atoms with Crippen LogP contribution in [0, 0.1) is 5.41 Å². The van der Waals surface area contributed by atoms with Crippen molar-refractivity contribution in [2.75, 3.05) is 6.54 Å². The van der Waals surface area contributed by atoms with Gasteiger partial charge in [0.25, 0.3) is 0 Å². The van der Waals surface area contributed by atoms with Crippen molar-refractivity contribution in [3.8, 4) is 0 Å². The summed E-state index contributed by atoms with van der Waals surface area (Å²) in [5.74, 6) is -0.155. The highest BCUT2D eigenvalue weighted by Gasteiger charge is 2.40. The largest absolute Gasteiger partial charge is 0.347 e. The van der Waals surface area contributed by atoms with Crippen molar-refractivity contribution in [2.24, 2.45) is 11.1 Å². The second kappa shape index (κ2) is 8.61. The van der Waals surface area contributed by atoms with Gasteiger partial charge in [0.15, 0.2) is 0 Å². The van der Waals surface area contributed by atoms with Crippen LogP contribution in [-0.2, 0) is 16.0 Å². The number of benzene rings is 1. The highest BCUT2D eigenvalue weighted by molar-refractivity contribution is 5.90. The van der Waals surface area contributed by atoms with Gasteiger partial charge in [0.05, 0.1) is 12.1 Å². The lowest BCUT2D eigenvalue weighted by Gasteiger charge is -2.34. The minimum atomic E-state index is -0.591. The Kier molecular flexibility index (Phi) is 6.92. The first kappa shape index (κ1) is 21.7. The molecule has 0 bridgehead atoms. The van der Waals surface area contributed by atoms with E-state index in [9.17, 15) is 9.59 Å². The van der Waals surface area contributed by atoms with Crippen LogP contribution in [0.2, 0.25) is 0 Å². The van der Waals surface area contributed by atoms with Crippen molar-refractivity contribution in [1.82, 2.24) is 10.2 Å². The van der Waals surface area contributed by atoms with Crippen LogP contribution in [-0.4, -0.2) is 35.3 Å². The molecular formula is C21H32ClN3O2. The standard InChI is InChI=1S/C21H31N3O2.ClH/c1-21(2,3)18(22)20(26)24-13-7-12-17(24)19(25)23-16-11-6-9-14-8-4-5-10-15(14)16;/h4-5,8,10,16-18H,6-7,9,11-13,22H2,1-3H3,(H,23,25);1H/t16-,17-,18+;/m1./s1. The van der Waals surface area contributed by atoms with E-state index in [2.05, 4.69) is 17.4 Å². The third kappa shape index (κ3) is 4.64. The second-order valence-corrected chi connectivity index (χ2v) is 8.69. The van der Waals surface area contributed by atoms with E-state index >= 15 is 0 Å². The van der Waals surface area contributed by atoms with Gasteiger partial charge in [0.1, 0.15) is 6.04 Å². The molecule has 2 aliphatic rings. The Morgan fingerprint density at radius 2 is 1.89 bits per heavy atom. The van der Waals surface area contributed by atoms with Gasteiger partial charge in [-0.05, 0) is 48.6 Å². The van der Waals surface area contributed by atoms with Gasteiger partial charge in [-0.1, -0.05) is 45.0 Å². The summed E-state index contributed by atoms with van der Waals surface area (Å²) in [5, 5.41) is 3.21. The topological polar surface area (TPSA) is 75.4 Å². The minimum Gasteiger partial charge on any atom is -0.347 e. The average molecular weight is 394 g/mol. The second-order valence-electron chi connectivity index (χ2n) is 8.69. The Morgan fingerprint density at radius 3 is 2.59 bits per heavy atom. The summed E-state index contributed by atoms with van der Waals surface area (Å²) in [7, 11) is 0. The third-order valence-corrected chi connectivity index (χ3v) is 5.72. The number of hydrogen-bond donors (Lipinski definition) is 2. The van der Waals surface area contributed by atoms with Crippen molar-refractivity contribution >= 4 is 24.2 Å². The highest BCUT2D eigenvalue weighted by Crippen LogP contribution is 2.30. The van der Waals surface area contributed by atoms with Gasteiger partial charge in [-0.2, -0.15) is 0 Å². The van der Waals surface area contributed by atoms with Crippen molar-refractivity contribution in [3.63, 3.8) is 0 Å². The number of nitrogens with two attached hydrogens (primary N) is 1. The maximum Gasteiger partial charge on any atom is 0.243 e. The number of carbonyl (C=O) groups is 2. The fraction of sp³-hybridized carbons (Fsp3) is 0.619. The molecule has 5 nitrogen and oxygen atoms in total. The first-order valence-electron chi connectivity index (χ1n) is 9.73. The molecule has 1 saturated heterocycles. The smallest absolute Gasteiger partial charge is 0.243 e. The fourth-order valence-electron chi connectivity index (χ4n) is 4.02. The van der Waals surface area contributed by atoms with E-state index in [1.165, 1.54) is 11.1 Å². The molecule has 1 aliphatic heterocycles. The van der Waals surface area contributed by atoms with E-state index in [1.807, 2.05) is 32.9 Å². The summed E-state index contributed by atoms with van der Waals surface area (Å²) in [5.41, 5.74) is 8.38. The molecule has 6 heteroatoms. The molecule has 1 aliphatic carbocycles. The van der Waals surface area contributed by atoms with Gasteiger partial charge in [-0.25, -0.2) is 0 Å². The summed E-state index contributed by atoms with van der Waals surface area (Å²) in [6, 6.07) is 7.37. The Morgan fingerprint density at radius 1 is 1.19 bits per heavy atom. The number of nitrogens with zero attached hydrogens (tertiary/aromatic N) is 1. The van der Waals surface area contributed by atoms with Crippen LogP contribution in [0.15, 0.2) is 24.3 Å². The van der Waals surface area contributed by atoms with Crippen LogP contribution in [0.1, 0.15) is 63.6 Å². The van der Waals surface area contributed by atoms with Crippen LogP contribution in [0.4, 0.5) is 0 Å². The molecule has 0 aromatic heterocycles. The van der Waals surface area contributed by atoms with Crippen LogP contribution in [0.25, 0.3) is 0 Å². The van der Waals surface area contributed by atoms with Gasteiger partial charge in [-0.3, -0.25) is 9.59 Å². The Balaban J connectivity index is 0.00000261. The predicted molar refractivity (Wildman–Crippen MR) is 110 cm³/mol. The molecule has 1 aromatic rings. The normalized spacial score (nSPS) is 23.2. The van der Waals surface area contributed by atoms with Crippen molar-refractivity contribution < 1.29 is 9.59 Å². The number of amides is 2. The van der Waals surface area contributed by atoms with Crippen LogP contribution >= 0.6 is 12.4 Å². The Hall–Kier alpha value is -1.59. The SMILES string of the molecule is CC(C)(C)[C@@H](N)C(=O)N1CCC[C@@H]1C(=O)N[C@@H]1CCCc2ccccc21.Cl. The molecule has 2 amide bonds. The van der Waals surface area contributed by atoms with Gasteiger partial charge >= 0.3 is 0 Å². The van der Waals surface area contributed by atoms with Gasteiger partial charge in [0.2, 0.25) is 11.8 Å². The number of aryl methyl sites for hydroxylation is 1. The Bertz CT molecular complexity index is 686. The lowest BCUT2D eigenvalue weighted by atomic mass is 9.86. The predicted octanol–water partition coefficient (Wildman–Crippen LogP) is 2.97. The molecule has 0 saturated carbocycles. The summed E-state index contributed by atoms with van der Waals surface area (Å²) < 4.78 is 0. The fourth-order valence-corrected chi connectivity index (χ4v) is 4.02. The van der Waals surface area contributed by atoms with Crippen LogP contribution < -0.4 is 11.1 Å². The van der Waals surface area contributed by atoms with Crippen LogP contribution in [0.3, 0.4) is 0 Å². The zero-order valence-electron chi connectivity index (χ0n) is 16.5. The summed E-state index contributed by atoms with van der Waals surface area (Å²) in [6.45, 7) is 6.49. The summed E-state index contributed by atoms with van der Waals surface area (Å²) >= 11 is 0. The monoisotopic (exact) mass is 393 g/mol. The molecule has 0 unspecified atom stereocenters. The highest BCUT2D eigenvalue weighted by atomic mass is 35.5. The van der Waals surface area contributed by atoms with E-state index in [1.54, 1.807) is 4.90 Å². The summed E-state index contributed by atoms with van der Waals surface area (Å²) in [4.78, 5) is 27.5. The van der Waals surface area contributed by atoms with E-state index in [0.717, 1.165) is 25.7 Å². The number of fused-ring (bicyclic) bond motifs is 1. The van der Waals surface area contributed by atoms with Crippen molar-refractivity contribution in [1.29, 1.82) is 0 Å². The van der Waals surface area contributed by atoms with E-state index in [-0.39, 0.29) is 35.7 Å². The van der Waals surface area contributed by atoms with E-state index in [4.69, 9.17) is 5.73 Å². The quantitative estimate of drug-likeness (QED) is 0.828. The third-order valence-electron chi connectivity index (χ3n) is 5.72. The lowest BCUT2D eigenvalue weighted by Crippen LogP contribution is -2.55. The maximum absolute atomic E-state index is 13.0. The molecule has 1 heterocycles. The maximum atomic E-state index is 13.0. The molecule has 0 spiro atoms. The first-order valence-corrected chi connectivity index (χ1v) is 9.73. The number of rotatable bonds is 3. The molecule has 3 N–H and O–H groups in total. The van der Waals surface area contributed by atoms with Crippen molar-refractivity contribution in [2.45, 2.75) is 71.0 Å². The number of hydrogen-bond acceptors (Lipinski definition) is 3. The lowest BCUT2D eigenvalue weighted by molar-refractivity contribution is -0.141. The van der Waals surface area contributed by atoms with Crippen molar-refractivity contribution in [3.05, 3.63) is 35.4 Å². The zero-order valence-corrected chi connectivity index (χ0v) is 17.3. The molecule has 150 valence electrons. The van der Waals surface area contributed by atoms with Crippen LogP contribution in [0.5, 0.6) is 0 Å². The molecule has 1 fully saturated rings. The first-order chi connectivity index (χ1) is 12.3. The summed E-state index contributed by atoms with van der Waals surface area (Å²) in [6.07, 6.45) is 4.65. The molecule has 3 rings (SSSR count). The molecule has 27 heavy (non-hydrogen) atoms. The number of likely N-dealkylation sites (tertiary alicyclic amines) is 1. The van der Waals surface area contributed by atoms with E-state index in [0.29, 0.717) is 13.0 Å². The molecule has 1 aromatic carbocycles. The van der Waals surface area contributed by atoms with Gasteiger partial charge < -0.3 is 16.0 Å². The number of carbonyl (C=O) groups excluding carboxylic acids is 2. The van der Waals surface area contributed by atoms with Gasteiger partial charge in [-0.15, -0.1) is 12.4 Å². The number of nitrogens with one attached hydrogen (secondary N) is 1. The molecule has 0 radical (unpaired) electrons. The molecular weight excluding hydrogens is 362 g/mol.